The Morgan fingerprint density at radius 1 is 1.00 bits per heavy atom. The van der Waals surface area contributed by atoms with E-state index >= 15 is 0 Å². The third-order valence-corrected chi connectivity index (χ3v) is 6.83. The SMILES string of the molecule is N#Cc1ccc(OCC(O)CN2CCN(S(=O)(=O)c3ccc(OC(F)(F)F)cc3)CC2)cc1. The lowest BCUT2D eigenvalue weighted by Gasteiger charge is -2.34. The predicted molar refractivity (Wildman–Crippen MR) is 111 cm³/mol. The fourth-order valence-corrected chi connectivity index (χ4v) is 4.71. The second kappa shape index (κ2) is 10.4. The zero-order chi connectivity index (χ0) is 24.1. The normalized spacial score (nSPS) is 16.7. The molecule has 1 saturated heterocycles. The van der Waals surface area contributed by atoms with Crippen molar-refractivity contribution < 1.29 is 36.2 Å². The number of aliphatic hydroxyl groups is 1. The second-order valence-electron chi connectivity index (χ2n) is 7.32. The van der Waals surface area contributed by atoms with E-state index < -0.39 is 28.2 Å². The molecule has 33 heavy (non-hydrogen) atoms. The molecule has 0 amide bonds. The predicted octanol–water partition coefficient (Wildman–Crippen LogP) is 2.20. The van der Waals surface area contributed by atoms with Gasteiger partial charge in [0.1, 0.15) is 24.2 Å². The molecule has 0 aliphatic carbocycles. The molecule has 1 unspecified atom stereocenters. The number of sulfonamides is 1. The minimum atomic E-state index is -4.85. The van der Waals surface area contributed by atoms with Crippen molar-refractivity contribution in [3.63, 3.8) is 0 Å². The van der Waals surface area contributed by atoms with Gasteiger partial charge in [0.25, 0.3) is 0 Å². The molecule has 1 fully saturated rings. The highest BCUT2D eigenvalue weighted by Crippen LogP contribution is 2.25. The Kier molecular flexibility index (Phi) is 7.80. The molecule has 1 N–H and O–H groups in total. The van der Waals surface area contributed by atoms with Gasteiger partial charge in [0, 0.05) is 32.7 Å². The number of rotatable bonds is 8. The Bertz CT molecular complexity index is 1060. The van der Waals surface area contributed by atoms with Crippen LogP contribution >= 0.6 is 0 Å². The average Bonchev–Trinajstić information content (AvgIpc) is 2.78. The van der Waals surface area contributed by atoms with Gasteiger partial charge in [-0.05, 0) is 48.5 Å². The third-order valence-electron chi connectivity index (χ3n) is 4.92. The van der Waals surface area contributed by atoms with Gasteiger partial charge >= 0.3 is 6.36 Å². The topological polar surface area (TPSA) is 103 Å². The first-order chi connectivity index (χ1) is 15.6. The lowest BCUT2D eigenvalue weighted by molar-refractivity contribution is -0.274. The molecule has 178 valence electrons. The molecule has 0 bridgehead atoms. The maximum atomic E-state index is 12.8. The monoisotopic (exact) mass is 485 g/mol. The maximum absolute atomic E-state index is 12.8. The first-order valence-electron chi connectivity index (χ1n) is 9.96. The van der Waals surface area contributed by atoms with Gasteiger partial charge < -0.3 is 14.6 Å². The molecule has 1 aliphatic heterocycles. The van der Waals surface area contributed by atoms with Crippen molar-refractivity contribution in [2.75, 3.05) is 39.3 Å². The summed E-state index contributed by atoms with van der Waals surface area (Å²) in [4.78, 5) is 1.78. The van der Waals surface area contributed by atoms with E-state index in [0.717, 1.165) is 24.3 Å². The van der Waals surface area contributed by atoms with Crippen LogP contribution in [-0.4, -0.2) is 74.5 Å². The van der Waals surface area contributed by atoms with Crippen LogP contribution in [0, 0.1) is 11.3 Å². The van der Waals surface area contributed by atoms with Gasteiger partial charge in [-0.15, -0.1) is 13.2 Å². The third kappa shape index (κ3) is 7.06. The molecule has 0 radical (unpaired) electrons. The number of nitriles is 1. The summed E-state index contributed by atoms with van der Waals surface area (Å²) in [7, 11) is -3.87. The van der Waals surface area contributed by atoms with E-state index in [4.69, 9.17) is 10.00 Å². The lowest BCUT2D eigenvalue weighted by Crippen LogP contribution is -2.50. The van der Waals surface area contributed by atoms with E-state index in [1.165, 1.54) is 4.31 Å². The van der Waals surface area contributed by atoms with Crippen molar-refractivity contribution in [1.29, 1.82) is 5.26 Å². The zero-order valence-electron chi connectivity index (χ0n) is 17.4. The molecule has 2 aromatic rings. The number of alkyl halides is 3. The molecule has 1 aliphatic rings. The number of ether oxygens (including phenoxy) is 2. The molecule has 3 rings (SSSR count). The Balaban J connectivity index is 1.47. The van der Waals surface area contributed by atoms with Crippen molar-refractivity contribution in [2.45, 2.75) is 17.4 Å². The van der Waals surface area contributed by atoms with Crippen molar-refractivity contribution in [3.05, 3.63) is 54.1 Å². The zero-order valence-corrected chi connectivity index (χ0v) is 18.2. The van der Waals surface area contributed by atoms with Crippen LogP contribution in [0.25, 0.3) is 0 Å². The first-order valence-corrected chi connectivity index (χ1v) is 11.4. The van der Waals surface area contributed by atoms with Crippen LogP contribution in [-0.2, 0) is 10.0 Å². The smallest absolute Gasteiger partial charge is 0.491 e. The van der Waals surface area contributed by atoms with Gasteiger partial charge in [0.2, 0.25) is 10.0 Å². The standard InChI is InChI=1S/C21H22F3N3O5S/c22-21(23,24)32-19-5-7-20(8-6-19)33(29,30)27-11-9-26(10-12-27)14-17(28)15-31-18-3-1-16(13-25)2-4-18/h1-8,17,28H,9-12,14-15H2. The minimum Gasteiger partial charge on any atom is -0.491 e. The quantitative estimate of drug-likeness (QED) is 0.612. The number of benzene rings is 2. The van der Waals surface area contributed by atoms with Crippen molar-refractivity contribution in [1.82, 2.24) is 9.21 Å². The summed E-state index contributed by atoms with van der Waals surface area (Å²) >= 11 is 0. The Morgan fingerprint density at radius 3 is 2.12 bits per heavy atom. The Labute approximate surface area is 189 Å². The second-order valence-corrected chi connectivity index (χ2v) is 9.26. The number of β-amino-alcohol motifs (C(OH)–C–C–N with tert-alkyl or cyclic N) is 1. The summed E-state index contributed by atoms with van der Waals surface area (Å²) in [5.74, 6) is 0.0269. The number of hydrogen-bond acceptors (Lipinski definition) is 7. The van der Waals surface area contributed by atoms with E-state index in [9.17, 15) is 26.7 Å². The lowest BCUT2D eigenvalue weighted by atomic mass is 10.2. The Hall–Kier alpha value is -2.85. The number of nitrogens with zero attached hydrogens (tertiary/aromatic N) is 3. The van der Waals surface area contributed by atoms with Crippen LogP contribution in [0.1, 0.15) is 5.56 Å². The maximum Gasteiger partial charge on any atom is 0.573 e. The highest BCUT2D eigenvalue weighted by Gasteiger charge is 2.32. The molecular weight excluding hydrogens is 463 g/mol. The van der Waals surface area contributed by atoms with E-state index in [1.807, 2.05) is 11.0 Å². The molecular formula is C21H22F3N3O5S. The summed E-state index contributed by atoms with van der Waals surface area (Å²) < 4.78 is 72.9. The van der Waals surface area contributed by atoms with Crippen LogP contribution in [0.15, 0.2) is 53.4 Å². The van der Waals surface area contributed by atoms with Crippen LogP contribution in [0.5, 0.6) is 11.5 Å². The van der Waals surface area contributed by atoms with Crippen LogP contribution in [0.3, 0.4) is 0 Å². The number of halogens is 3. The number of piperazine rings is 1. The van der Waals surface area contributed by atoms with Gasteiger partial charge in [-0.2, -0.15) is 9.57 Å². The van der Waals surface area contributed by atoms with Crippen molar-refractivity contribution in [3.8, 4) is 17.6 Å². The molecule has 0 spiro atoms. The van der Waals surface area contributed by atoms with Crippen molar-refractivity contribution >= 4 is 10.0 Å². The molecule has 0 aromatic heterocycles. The van der Waals surface area contributed by atoms with E-state index in [-0.39, 0.29) is 31.1 Å². The fourth-order valence-electron chi connectivity index (χ4n) is 3.28. The summed E-state index contributed by atoms with van der Waals surface area (Å²) in [5.41, 5.74) is 0.501. The average molecular weight is 485 g/mol. The summed E-state index contributed by atoms with van der Waals surface area (Å²) in [6, 6.07) is 12.6. The first kappa shape index (κ1) is 24.8. The molecule has 0 saturated carbocycles. The van der Waals surface area contributed by atoms with Crippen LogP contribution in [0.4, 0.5) is 13.2 Å². The van der Waals surface area contributed by atoms with Gasteiger partial charge in [-0.1, -0.05) is 0 Å². The number of hydrogen-bond donors (Lipinski definition) is 1. The van der Waals surface area contributed by atoms with E-state index in [0.29, 0.717) is 24.4 Å². The highest BCUT2D eigenvalue weighted by atomic mass is 32.2. The summed E-state index contributed by atoms with van der Waals surface area (Å²) in [5, 5.41) is 19.0. The summed E-state index contributed by atoms with van der Waals surface area (Å²) in [6.07, 6.45) is -5.65. The molecule has 1 atom stereocenters. The Morgan fingerprint density at radius 2 is 1.58 bits per heavy atom. The van der Waals surface area contributed by atoms with Gasteiger partial charge in [-0.25, -0.2) is 8.42 Å². The molecule has 2 aromatic carbocycles. The van der Waals surface area contributed by atoms with E-state index in [1.54, 1.807) is 24.3 Å². The molecule has 1 heterocycles. The van der Waals surface area contributed by atoms with Gasteiger partial charge in [0.15, 0.2) is 0 Å². The van der Waals surface area contributed by atoms with Crippen LogP contribution in [0.2, 0.25) is 0 Å². The van der Waals surface area contributed by atoms with Crippen molar-refractivity contribution in [2.24, 2.45) is 0 Å². The van der Waals surface area contributed by atoms with Gasteiger partial charge in [-0.3, -0.25) is 4.90 Å². The minimum absolute atomic E-state index is 0.0385. The molecule has 8 nitrogen and oxygen atoms in total. The van der Waals surface area contributed by atoms with E-state index in [2.05, 4.69) is 4.74 Å². The number of aliphatic hydroxyl groups excluding tert-OH is 1. The summed E-state index contributed by atoms with van der Waals surface area (Å²) in [6.45, 7) is 1.42. The fraction of sp³-hybridized carbons (Fsp3) is 0.381. The molecule has 12 heteroatoms. The largest absolute Gasteiger partial charge is 0.573 e. The van der Waals surface area contributed by atoms with Crippen LogP contribution < -0.4 is 9.47 Å². The van der Waals surface area contributed by atoms with Gasteiger partial charge in [0.05, 0.1) is 16.5 Å². The highest BCUT2D eigenvalue weighted by molar-refractivity contribution is 7.89.